The first-order valence-corrected chi connectivity index (χ1v) is 15.7. The monoisotopic (exact) mass is 637 g/mol. The zero-order valence-electron chi connectivity index (χ0n) is 23.5. The second kappa shape index (κ2) is 12.8. The molecular formula is C33H30Cl3N3O4. The molecule has 2 fully saturated rings. The number of hydrogen-bond acceptors (Lipinski definition) is 6. The molecule has 43 heavy (non-hydrogen) atoms. The lowest BCUT2D eigenvalue weighted by Crippen LogP contribution is -2.23. The number of ether oxygens (including phenoxy) is 1. The van der Waals surface area contributed by atoms with Crippen molar-refractivity contribution >= 4 is 51.5 Å². The summed E-state index contributed by atoms with van der Waals surface area (Å²) in [6.45, 7) is 0.887. The van der Waals surface area contributed by atoms with Crippen molar-refractivity contribution < 1.29 is 19.2 Å². The third-order valence-corrected chi connectivity index (χ3v) is 9.13. The Morgan fingerprint density at radius 3 is 2.58 bits per heavy atom. The lowest BCUT2D eigenvalue weighted by molar-refractivity contribution is 0.0690. The molecule has 0 saturated heterocycles. The Labute approximate surface area is 264 Å². The van der Waals surface area contributed by atoms with Gasteiger partial charge in [-0.3, -0.25) is 4.98 Å². The van der Waals surface area contributed by atoms with Crippen LogP contribution >= 0.6 is 34.8 Å². The van der Waals surface area contributed by atoms with Gasteiger partial charge in [-0.1, -0.05) is 71.2 Å². The van der Waals surface area contributed by atoms with Crippen LogP contribution in [0.5, 0.6) is 0 Å². The minimum atomic E-state index is -1.08. The molecule has 1 N–H and O–H groups in total. The third kappa shape index (κ3) is 6.68. The Morgan fingerprint density at radius 2 is 1.86 bits per heavy atom. The number of nitrogens with zero attached hydrogens (tertiary/aromatic N) is 3. The van der Waals surface area contributed by atoms with Gasteiger partial charge in [0, 0.05) is 51.9 Å². The summed E-state index contributed by atoms with van der Waals surface area (Å²) in [5.74, 6) is 6.92. The van der Waals surface area contributed by atoms with Crippen molar-refractivity contribution in [3.05, 3.63) is 74.4 Å². The maximum Gasteiger partial charge on any atom is 0.354 e. The summed E-state index contributed by atoms with van der Waals surface area (Å²) < 4.78 is 12.0. The van der Waals surface area contributed by atoms with E-state index in [9.17, 15) is 9.90 Å². The van der Waals surface area contributed by atoms with E-state index < -0.39 is 5.97 Å². The molecule has 3 heterocycles. The summed E-state index contributed by atoms with van der Waals surface area (Å²) in [4.78, 5) is 20.2. The average Bonchev–Trinajstić information content (AvgIpc) is 3.76. The van der Waals surface area contributed by atoms with Crippen molar-refractivity contribution in [2.45, 2.75) is 70.3 Å². The van der Waals surface area contributed by atoms with Gasteiger partial charge in [0.2, 0.25) is 0 Å². The van der Waals surface area contributed by atoms with Crippen LogP contribution in [0.15, 0.2) is 41.2 Å². The van der Waals surface area contributed by atoms with Crippen LogP contribution < -0.4 is 0 Å². The van der Waals surface area contributed by atoms with E-state index in [-0.39, 0.29) is 11.1 Å². The van der Waals surface area contributed by atoms with Gasteiger partial charge in [0.1, 0.15) is 22.8 Å². The van der Waals surface area contributed by atoms with E-state index in [1.165, 1.54) is 6.42 Å². The van der Waals surface area contributed by atoms with Gasteiger partial charge in [0.25, 0.3) is 0 Å². The lowest BCUT2D eigenvalue weighted by atomic mass is 9.71. The number of pyridine rings is 2. The van der Waals surface area contributed by atoms with E-state index in [0.29, 0.717) is 51.2 Å². The number of aromatic carboxylic acids is 1. The molecule has 3 aromatic heterocycles. The number of hydrogen-bond donors (Lipinski definition) is 1. The summed E-state index contributed by atoms with van der Waals surface area (Å²) in [6.07, 6.45) is 12.3. The van der Waals surface area contributed by atoms with E-state index in [1.807, 2.05) is 0 Å². The van der Waals surface area contributed by atoms with Crippen LogP contribution in [0.3, 0.4) is 0 Å². The zero-order valence-corrected chi connectivity index (χ0v) is 25.7. The predicted molar refractivity (Wildman–Crippen MR) is 167 cm³/mol. The SMILES string of the molecule is O=C(O)c1cc2ccc(Cl)cc2c(C#CC2(CCCOCc3c(-c4c(Cl)cncc4Cl)noc3C3CC3)CCCCC2)n1. The fourth-order valence-electron chi connectivity index (χ4n) is 5.93. The lowest BCUT2D eigenvalue weighted by Gasteiger charge is -2.32. The van der Waals surface area contributed by atoms with Gasteiger partial charge in [-0.15, -0.1) is 0 Å². The minimum Gasteiger partial charge on any atom is -0.477 e. The van der Waals surface area contributed by atoms with E-state index >= 15 is 0 Å². The normalized spacial score (nSPS) is 16.2. The first-order valence-electron chi connectivity index (χ1n) is 14.6. The van der Waals surface area contributed by atoms with Crippen LogP contribution in [0.25, 0.3) is 22.0 Å². The van der Waals surface area contributed by atoms with Crippen molar-refractivity contribution in [1.82, 2.24) is 15.1 Å². The molecule has 2 saturated carbocycles. The van der Waals surface area contributed by atoms with Gasteiger partial charge in [-0.05, 0) is 68.0 Å². The summed E-state index contributed by atoms with van der Waals surface area (Å²) >= 11 is 19.1. The topological polar surface area (TPSA) is 98.3 Å². The second-order valence-electron chi connectivity index (χ2n) is 11.4. The van der Waals surface area contributed by atoms with E-state index in [2.05, 4.69) is 27.0 Å². The van der Waals surface area contributed by atoms with Gasteiger partial charge in [-0.25, -0.2) is 9.78 Å². The zero-order chi connectivity index (χ0) is 30.0. The van der Waals surface area contributed by atoms with Crippen molar-refractivity contribution in [3.8, 4) is 23.1 Å². The highest BCUT2D eigenvalue weighted by Gasteiger charge is 2.34. The number of carbonyl (C=O) groups is 1. The van der Waals surface area contributed by atoms with Crippen molar-refractivity contribution in [3.63, 3.8) is 0 Å². The molecule has 0 unspecified atom stereocenters. The molecule has 2 aliphatic carbocycles. The Hall–Kier alpha value is -3.15. The molecule has 2 aliphatic rings. The molecule has 7 nitrogen and oxygen atoms in total. The molecular weight excluding hydrogens is 609 g/mol. The number of benzene rings is 1. The fraction of sp³-hybridized carbons (Fsp3) is 0.394. The van der Waals surface area contributed by atoms with Crippen molar-refractivity contribution in [2.75, 3.05) is 6.61 Å². The van der Waals surface area contributed by atoms with Crippen LogP contribution in [0.1, 0.15) is 91.2 Å². The Bertz CT molecular complexity index is 1710. The molecule has 10 heteroatoms. The molecule has 1 aromatic carbocycles. The Morgan fingerprint density at radius 1 is 1.09 bits per heavy atom. The van der Waals surface area contributed by atoms with Gasteiger partial charge in [-0.2, -0.15) is 0 Å². The van der Waals surface area contributed by atoms with Crippen molar-refractivity contribution in [2.24, 2.45) is 5.41 Å². The van der Waals surface area contributed by atoms with E-state index in [0.717, 1.165) is 73.5 Å². The standard InChI is InChI=1S/C33H30Cl3N3O4/c34-22-8-7-21-15-28(32(40)41)38-27(23(21)16-22)9-13-33(10-2-1-3-11-33)12-4-14-42-19-24-30(39-43-31(24)20-5-6-20)29-25(35)17-37-18-26(29)36/h7-8,15-18,20H,1-6,10-12,14,19H2,(H,40,41). The quantitative estimate of drug-likeness (QED) is 0.144. The average molecular weight is 639 g/mol. The Kier molecular flexibility index (Phi) is 8.93. The van der Waals surface area contributed by atoms with Crippen LogP contribution in [-0.2, 0) is 11.3 Å². The smallest absolute Gasteiger partial charge is 0.354 e. The highest BCUT2D eigenvalue weighted by Crippen LogP contribution is 2.46. The summed E-state index contributed by atoms with van der Waals surface area (Å²) in [7, 11) is 0. The highest BCUT2D eigenvalue weighted by atomic mass is 35.5. The molecule has 222 valence electrons. The van der Waals surface area contributed by atoms with Gasteiger partial charge < -0.3 is 14.4 Å². The summed E-state index contributed by atoms with van der Waals surface area (Å²) in [6, 6.07) is 6.89. The molecule has 0 radical (unpaired) electrons. The molecule has 0 amide bonds. The number of halogens is 3. The molecule has 4 aromatic rings. The predicted octanol–water partition coefficient (Wildman–Crippen LogP) is 9.12. The first kappa shape index (κ1) is 29.9. The minimum absolute atomic E-state index is 0.0294. The largest absolute Gasteiger partial charge is 0.477 e. The molecule has 0 bridgehead atoms. The van der Waals surface area contributed by atoms with Crippen LogP contribution in [0.4, 0.5) is 0 Å². The van der Waals surface area contributed by atoms with Gasteiger partial charge >= 0.3 is 5.97 Å². The van der Waals surface area contributed by atoms with Crippen LogP contribution in [-0.4, -0.2) is 32.8 Å². The maximum atomic E-state index is 11.7. The van der Waals surface area contributed by atoms with Crippen LogP contribution in [0, 0.1) is 17.3 Å². The van der Waals surface area contributed by atoms with Crippen molar-refractivity contribution in [1.29, 1.82) is 0 Å². The number of fused-ring (bicyclic) bond motifs is 1. The third-order valence-electron chi connectivity index (χ3n) is 8.32. The van der Waals surface area contributed by atoms with Gasteiger partial charge in [0.05, 0.1) is 16.7 Å². The number of aromatic nitrogens is 3. The van der Waals surface area contributed by atoms with E-state index in [4.69, 9.17) is 44.1 Å². The molecule has 6 rings (SSSR count). The molecule has 0 spiro atoms. The van der Waals surface area contributed by atoms with E-state index in [1.54, 1.807) is 36.7 Å². The molecule has 0 atom stereocenters. The number of carboxylic acids is 1. The number of rotatable bonds is 9. The summed E-state index contributed by atoms with van der Waals surface area (Å²) in [5, 5.41) is 16.8. The van der Waals surface area contributed by atoms with Crippen LogP contribution in [0.2, 0.25) is 15.1 Å². The second-order valence-corrected chi connectivity index (χ2v) is 12.7. The molecule has 0 aliphatic heterocycles. The first-order chi connectivity index (χ1) is 20.8. The summed E-state index contributed by atoms with van der Waals surface area (Å²) in [5.41, 5.74) is 2.33. The fourth-order valence-corrected chi connectivity index (χ4v) is 6.65. The van der Waals surface area contributed by atoms with Gasteiger partial charge in [0.15, 0.2) is 0 Å². The maximum absolute atomic E-state index is 11.7. The Balaban J connectivity index is 1.18. The highest BCUT2D eigenvalue weighted by molar-refractivity contribution is 6.38. The number of carboxylic acid groups (broad SMARTS) is 1.